The number of carbonyl (C=O) groups excluding carboxylic acids is 1. The molecule has 0 aliphatic heterocycles. The normalized spacial score (nSPS) is 15.0. The molecule has 6 heteroatoms. The standard InChI is InChI=1S/C24H31NO4S/c1-2-19-8-10-20(11-9-19)16-17-29-22-12-14-23(15-13-22)30(27,28)25-24(26)18-21-6-4-3-5-7-21/h8-15,21H,2-7,16-18H2,1H3,(H,25,26). The predicted molar refractivity (Wildman–Crippen MR) is 118 cm³/mol. The van der Waals surface area contributed by atoms with Gasteiger partial charge >= 0.3 is 0 Å². The Labute approximate surface area is 179 Å². The summed E-state index contributed by atoms with van der Waals surface area (Å²) in [6, 6.07) is 14.7. The van der Waals surface area contributed by atoms with Gasteiger partial charge in [-0.2, -0.15) is 0 Å². The van der Waals surface area contributed by atoms with E-state index in [0.29, 0.717) is 18.3 Å². The van der Waals surface area contributed by atoms with Crippen molar-refractivity contribution in [1.82, 2.24) is 4.72 Å². The van der Waals surface area contributed by atoms with Crippen LogP contribution in [0, 0.1) is 5.92 Å². The summed E-state index contributed by atoms with van der Waals surface area (Å²) in [6.45, 7) is 2.64. The third kappa shape index (κ3) is 6.59. The van der Waals surface area contributed by atoms with E-state index < -0.39 is 15.9 Å². The number of nitrogens with one attached hydrogen (secondary N) is 1. The van der Waals surface area contributed by atoms with E-state index in [-0.39, 0.29) is 11.3 Å². The van der Waals surface area contributed by atoms with Crippen molar-refractivity contribution in [3.8, 4) is 5.75 Å². The van der Waals surface area contributed by atoms with Gasteiger partial charge in [0.05, 0.1) is 11.5 Å². The molecule has 0 bridgehead atoms. The first-order chi connectivity index (χ1) is 14.5. The molecule has 30 heavy (non-hydrogen) atoms. The van der Waals surface area contributed by atoms with Crippen LogP contribution < -0.4 is 9.46 Å². The molecule has 0 spiro atoms. The Morgan fingerprint density at radius 1 is 0.967 bits per heavy atom. The van der Waals surface area contributed by atoms with Crippen molar-refractivity contribution in [2.24, 2.45) is 5.92 Å². The van der Waals surface area contributed by atoms with Crippen molar-refractivity contribution in [3.05, 3.63) is 59.7 Å². The van der Waals surface area contributed by atoms with Gasteiger partial charge in [0.2, 0.25) is 5.91 Å². The van der Waals surface area contributed by atoms with Crippen molar-refractivity contribution in [3.63, 3.8) is 0 Å². The van der Waals surface area contributed by atoms with Crippen molar-refractivity contribution < 1.29 is 17.9 Å². The maximum Gasteiger partial charge on any atom is 0.264 e. The molecule has 1 fully saturated rings. The molecule has 0 aromatic heterocycles. The van der Waals surface area contributed by atoms with E-state index in [0.717, 1.165) is 38.5 Å². The maximum atomic E-state index is 12.5. The van der Waals surface area contributed by atoms with E-state index in [1.165, 1.54) is 29.7 Å². The summed E-state index contributed by atoms with van der Waals surface area (Å²) in [4.78, 5) is 12.2. The summed E-state index contributed by atoms with van der Waals surface area (Å²) in [5, 5.41) is 0. The Morgan fingerprint density at radius 3 is 2.23 bits per heavy atom. The molecule has 1 amide bonds. The number of hydrogen-bond donors (Lipinski definition) is 1. The van der Waals surface area contributed by atoms with Gasteiger partial charge < -0.3 is 4.74 Å². The molecular weight excluding hydrogens is 398 g/mol. The number of benzene rings is 2. The van der Waals surface area contributed by atoms with Crippen LogP contribution >= 0.6 is 0 Å². The second-order valence-corrected chi connectivity index (χ2v) is 9.66. The lowest BCUT2D eigenvalue weighted by Crippen LogP contribution is -2.32. The van der Waals surface area contributed by atoms with Gasteiger partial charge in [-0.05, 0) is 60.6 Å². The molecule has 0 heterocycles. The Hall–Kier alpha value is -2.34. The minimum absolute atomic E-state index is 0.0713. The minimum Gasteiger partial charge on any atom is -0.493 e. The number of ether oxygens (including phenoxy) is 1. The second kappa shape index (κ2) is 10.6. The fraction of sp³-hybridized carbons (Fsp3) is 0.458. The summed E-state index contributed by atoms with van der Waals surface area (Å²) in [5.41, 5.74) is 2.51. The predicted octanol–water partition coefficient (Wildman–Crippen LogP) is 4.65. The first-order valence-corrected chi connectivity index (χ1v) is 12.3. The highest BCUT2D eigenvalue weighted by Crippen LogP contribution is 2.26. The molecule has 2 aromatic rings. The summed E-state index contributed by atoms with van der Waals surface area (Å²) in [5.74, 6) is 0.479. The number of aryl methyl sites for hydroxylation is 1. The van der Waals surface area contributed by atoms with E-state index in [1.54, 1.807) is 12.1 Å². The Bertz CT molecular complexity index is 915. The van der Waals surface area contributed by atoms with Gasteiger partial charge in [0.15, 0.2) is 0 Å². The number of amides is 1. The lowest BCUT2D eigenvalue weighted by atomic mass is 9.87. The summed E-state index contributed by atoms with van der Waals surface area (Å²) in [7, 11) is -3.85. The van der Waals surface area contributed by atoms with Crippen LogP contribution in [0.3, 0.4) is 0 Å². The zero-order chi connectivity index (χ0) is 21.4. The van der Waals surface area contributed by atoms with Gasteiger partial charge in [-0.3, -0.25) is 4.79 Å². The number of sulfonamides is 1. The average molecular weight is 430 g/mol. The lowest BCUT2D eigenvalue weighted by molar-refractivity contribution is -0.120. The van der Waals surface area contributed by atoms with Crippen molar-refractivity contribution in [2.75, 3.05) is 6.61 Å². The molecule has 0 atom stereocenters. The number of carbonyl (C=O) groups is 1. The molecule has 2 aromatic carbocycles. The molecule has 0 radical (unpaired) electrons. The molecule has 3 rings (SSSR count). The van der Waals surface area contributed by atoms with Crippen LogP contribution in [-0.4, -0.2) is 20.9 Å². The fourth-order valence-electron chi connectivity index (χ4n) is 3.85. The number of rotatable bonds is 9. The van der Waals surface area contributed by atoms with E-state index in [1.807, 2.05) is 0 Å². The quantitative estimate of drug-likeness (QED) is 0.630. The van der Waals surface area contributed by atoms with E-state index in [4.69, 9.17) is 4.74 Å². The van der Waals surface area contributed by atoms with E-state index in [2.05, 4.69) is 35.9 Å². The van der Waals surface area contributed by atoms with Crippen LogP contribution in [-0.2, 0) is 27.7 Å². The molecule has 5 nitrogen and oxygen atoms in total. The van der Waals surface area contributed by atoms with Crippen molar-refractivity contribution >= 4 is 15.9 Å². The lowest BCUT2D eigenvalue weighted by Gasteiger charge is -2.20. The van der Waals surface area contributed by atoms with Gasteiger partial charge in [0.25, 0.3) is 10.0 Å². The van der Waals surface area contributed by atoms with Gasteiger partial charge in [-0.15, -0.1) is 0 Å². The van der Waals surface area contributed by atoms with Gasteiger partial charge in [0, 0.05) is 12.8 Å². The van der Waals surface area contributed by atoms with Gasteiger partial charge in [0.1, 0.15) is 5.75 Å². The van der Waals surface area contributed by atoms with Crippen LogP contribution in [0.1, 0.15) is 56.6 Å². The van der Waals surface area contributed by atoms with Crippen LogP contribution in [0.25, 0.3) is 0 Å². The average Bonchev–Trinajstić information content (AvgIpc) is 2.75. The summed E-state index contributed by atoms with van der Waals surface area (Å²) < 4.78 is 32.9. The minimum atomic E-state index is -3.85. The van der Waals surface area contributed by atoms with Crippen LogP contribution in [0.5, 0.6) is 5.75 Å². The smallest absolute Gasteiger partial charge is 0.264 e. The Morgan fingerprint density at radius 2 is 1.60 bits per heavy atom. The molecule has 162 valence electrons. The largest absolute Gasteiger partial charge is 0.493 e. The SMILES string of the molecule is CCc1ccc(CCOc2ccc(S(=O)(=O)NC(=O)CC3CCCCC3)cc2)cc1. The van der Waals surface area contributed by atoms with Crippen molar-refractivity contribution in [1.29, 1.82) is 0 Å². The molecule has 1 aliphatic rings. The third-order valence-electron chi connectivity index (χ3n) is 5.67. The zero-order valence-electron chi connectivity index (χ0n) is 17.6. The Kier molecular flexibility index (Phi) is 7.91. The van der Waals surface area contributed by atoms with Gasteiger partial charge in [-0.25, -0.2) is 13.1 Å². The van der Waals surface area contributed by atoms with E-state index >= 15 is 0 Å². The van der Waals surface area contributed by atoms with Crippen LogP contribution in [0.15, 0.2) is 53.4 Å². The van der Waals surface area contributed by atoms with E-state index in [9.17, 15) is 13.2 Å². The van der Waals surface area contributed by atoms with Gasteiger partial charge in [-0.1, -0.05) is 50.5 Å². The van der Waals surface area contributed by atoms with Crippen LogP contribution in [0.2, 0.25) is 0 Å². The number of hydrogen-bond acceptors (Lipinski definition) is 4. The first kappa shape index (κ1) is 22.3. The highest BCUT2D eigenvalue weighted by atomic mass is 32.2. The fourth-order valence-corrected chi connectivity index (χ4v) is 4.84. The molecular formula is C24H31NO4S. The molecule has 1 saturated carbocycles. The summed E-state index contributed by atoms with van der Waals surface area (Å²) >= 11 is 0. The highest BCUT2D eigenvalue weighted by Gasteiger charge is 2.22. The Balaban J connectivity index is 1.48. The topological polar surface area (TPSA) is 72.5 Å². The first-order valence-electron chi connectivity index (χ1n) is 10.8. The third-order valence-corrected chi connectivity index (χ3v) is 7.06. The van der Waals surface area contributed by atoms with Crippen LogP contribution in [0.4, 0.5) is 0 Å². The molecule has 1 N–H and O–H groups in total. The van der Waals surface area contributed by atoms with Crippen molar-refractivity contribution in [2.45, 2.75) is 63.2 Å². The summed E-state index contributed by atoms with van der Waals surface area (Å²) in [6.07, 6.45) is 7.53. The highest BCUT2D eigenvalue weighted by molar-refractivity contribution is 7.90. The maximum absolute atomic E-state index is 12.5. The monoisotopic (exact) mass is 429 g/mol. The zero-order valence-corrected chi connectivity index (χ0v) is 18.4. The second-order valence-electron chi connectivity index (χ2n) is 7.98. The molecule has 1 aliphatic carbocycles. The molecule has 0 saturated heterocycles. The molecule has 0 unspecified atom stereocenters.